The van der Waals surface area contributed by atoms with Gasteiger partial charge < -0.3 is 14.6 Å². The van der Waals surface area contributed by atoms with E-state index >= 15 is 0 Å². The minimum absolute atomic E-state index is 0.0777. The van der Waals surface area contributed by atoms with Crippen LogP contribution in [0.1, 0.15) is 35.6 Å². The fraction of sp³-hybridized carbons (Fsp3) is 0.250. The number of rotatable bonds is 5. The summed E-state index contributed by atoms with van der Waals surface area (Å²) in [5.74, 6) is 1.06. The van der Waals surface area contributed by atoms with E-state index in [0.29, 0.717) is 23.4 Å². The third-order valence-electron chi connectivity index (χ3n) is 5.17. The van der Waals surface area contributed by atoms with Crippen molar-refractivity contribution in [3.8, 4) is 23.2 Å². The highest BCUT2D eigenvalue weighted by Crippen LogP contribution is 2.30. The average molecular weight is 435 g/mol. The topological polar surface area (TPSA) is 126 Å². The van der Waals surface area contributed by atoms with Gasteiger partial charge in [0.25, 0.3) is 5.91 Å². The molecule has 1 N–H and O–H groups in total. The Morgan fingerprint density at radius 1 is 1.25 bits per heavy atom. The fourth-order valence-electron chi connectivity index (χ4n) is 3.62. The first-order chi connectivity index (χ1) is 15.5. The number of aromatic nitrogens is 8. The fourth-order valence-corrected chi connectivity index (χ4v) is 3.62. The van der Waals surface area contributed by atoms with Crippen molar-refractivity contribution in [2.24, 2.45) is 0 Å². The van der Waals surface area contributed by atoms with Gasteiger partial charge in [0.1, 0.15) is 22.9 Å². The Balaban J connectivity index is 1.41. The van der Waals surface area contributed by atoms with Gasteiger partial charge in [0.2, 0.25) is 11.8 Å². The van der Waals surface area contributed by atoms with Crippen LogP contribution in [0.3, 0.4) is 0 Å². The van der Waals surface area contributed by atoms with E-state index in [9.17, 15) is 9.18 Å². The molecule has 0 fully saturated rings. The maximum atomic E-state index is 13.0. The van der Waals surface area contributed by atoms with Crippen molar-refractivity contribution in [3.05, 3.63) is 54.1 Å². The van der Waals surface area contributed by atoms with Crippen LogP contribution in [-0.2, 0) is 6.42 Å². The molecule has 1 aliphatic heterocycles. The van der Waals surface area contributed by atoms with Gasteiger partial charge in [-0.3, -0.25) is 4.79 Å². The minimum atomic E-state index is -0.718. The zero-order valence-electron chi connectivity index (χ0n) is 17.2. The number of halogens is 1. The molecule has 4 aromatic rings. The van der Waals surface area contributed by atoms with E-state index < -0.39 is 11.9 Å². The molecule has 0 saturated heterocycles. The summed E-state index contributed by atoms with van der Waals surface area (Å²) in [5, 5.41) is 15.4. The van der Waals surface area contributed by atoms with E-state index in [1.807, 2.05) is 6.07 Å². The molecule has 0 radical (unpaired) electrons. The van der Waals surface area contributed by atoms with Crippen molar-refractivity contribution in [3.63, 3.8) is 0 Å². The van der Waals surface area contributed by atoms with E-state index in [1.165, 1.54) is 24.2 Å². The number of ether oxygens (including phenoxy) is 1. The first-order valence-electron chi connectivity index (χ1n) is 9.87. The summed E-state index contributed by atoms with van der Waals surface area (Å²) in [6, 6.07) is 5.58. The highest BCUT2D eigenvalue weighted by Gasteiger charge is 2.25. The van der Waals surface area contributed by atoms with Crippen LogP contribution in [0.15, 0.2) is 36.8 Å². The highest BCUT2D eigenvalue weighted by atomic mass is 19.1. The minimum Gasteiger partial charge on any atom is -0.479 e. The summed E-state index contributed by atoms with van der Waals surface area (Å²) < 4.78 is 21.6. The van der Waals surface area contributed by atoms with Crippen molar-refractivity contribution in [2.75, 3.05) is 12.4 Å². The maximum absolute atomic E-state index is 13.0. The predicted molar refractivity (Wildman–Crippen MR) is 110 cm³/mol. The molecule has 11 nitrogen and oxygen atoms in total. The number of hydrogen-bond donors (Lipinski definition) is 1. The van der Waals surface area contributed by atoms with Crippen LogP contribution in [0, 0.1) is 5.95 Å². The molecular formula is C20H18FN9O2. The lowest BCUT2D eigenvalue weighted by atomic mass is 10.2. The van der Waals surface area contributed by atoms with E-state index in [4.69, 9.17) is 4.74 Å². The number of methoxy groups -OCH3 is 1. The molecule has 5 heterocycles. The summed E-state index contributed by atoms with van der Waals surface area (Å²) in [6.07, 6.45) is 5.48. The Morgan fingerprint density at radius 3 is 2.91 bits per heavy atom. The number of hydrogen-bond acceptors (Lipinski definition) is 8. The van der Waals surface area contributed by atoms with Crippen molar-refractivity contribution >= 4 is 11.7 Å². The van der Waals surface area contributed by atoms with Gasteiger partial charge in [-0.15, -0.1) is 15.3 Å². The number of nitrogens with one attached hydrogen (secondary N) is 1. The standard InChI is InChI=1S/C20H18FN9O2/c1-11-6-7-16-26-27-18(30(11)16)13-4-3-5-15(24-13)25-19(31)12-10-29(28-20(12)32-2)17-9-22-14(21)8-23-17/h3-5,8-11H,6-7H2,1-2H3,(H,24,25,31)/t11-/m0/s1. The molecule has 0 unspecified atom stereocenters. The quantitative estimate of drug-likeness (QED) is 0.506. The first-order valence-corrected chi connectivity index (χ1v) is 9.87. The highest BCUT2D eigenvalue weighted by molar-refractivity contribution is 6.05. The van der Waals surface area contributed by atoms with E-state index in [2.05, 4.69) is 47.1 Å². The summed E-state index contributed by atoms with van der Waals surface area (Å²) in [5.41, 5.74) is 0.766. The third kappa shape index (κ3) is 3.45. The molecule has 1 aliphatic rings. The summed E-state index contributed by atoms with van der Waals surface area (Å²) in [6.45, 7) is 2.12. The van der Waals surface area contributed by atoms with Crippen LogP contribution in [0.25, 0.3) is 17.3 Å². The second kappa shape index (κ2) is 7.80. The molecule has 0 saturated carbocycles. The van der Waals surface area contributed by atoms with Crippen LogP contribution in [0.4, 0.5) is 10.2 Å². The number of pyridine rings is 1. The number of fused-ring (bicyclic) bond motifs is 1. The summed E-state index contributed by atoms with van der Waals surface area (Å²) in [7, 11) is 1.39. The number of carbonyl (C=O) groups excluding carboxylic acids is 1. The molecule has 0 aliphatic carbocycles. The molecule has 5 rings (SSSR count). The molecule has 32 heavy (non-hydrogen) atoms. The Hall–Kier alpha value is -4.22. The normalized spacial score (nSPS) is 14.9. The number of carbonyl (C=O) groups is 1. The summed E-state index contributed by atoms with van der Waals surface area (Å²) in [4.78, 5) is 24.9. The van der Waals surface area contributed by atoms with E-state index in [1.54, 1.807) is 12.1 Å². The first kappa shape index (κ1) is 19.7. The van der Waals surface area contributed by atoms with Crippen molar-refractivity contribution < 1.29 is 13.9 Å². The van der Waals surface area contributed by atoms with Gasteiger partial charge in [-0.1, -0.05) is 6.07 Å². The van der Waals surface area contributed by atoms with E-state index in [0.717, 1.165) is 24.9 Å². The molecule has 12 heteroatoms. The van der Waals surface area contributed by atoms with Crippen molar-refractivity contribution in [2.45, 2.75) is 25.8 Å². The van der Waals surface area contributed by atoms with E-state index in [-0.39, 0.29) is 17.3 Å². The Bertz CT molecular complexity index is 1300. The van der Waals surface area contributed by atoms with Crippen molar-refractivity contribution in [1.82, 2.24) is 39.5 Å². The number of aryl methyl sites for hydroxylation is 1. The van der Waals surface area contributed by atoms with Crippen LogP contribution in [0.2, 0.25) is 0 Å². The lowest BCUT2D eigenvalue weighted by Crippen LogP contribution is -2.14. The molecule has 0 spiro atoms. The van der Waals surface area contributed by atoms with Crippen molar-refractivity contribution in [1.29, 1.82) is 0 Å². The Morgan fingerprint density at radius 2 is 2.12 bits per heavy atom. The lowest BCUT2D eigenvalue weighted by Gasteiger charge is -2.10. The Labute approximate surface area is 181 Å². The van der Waals surface area contributed by atoms with Gasteiger partial charge >= 0.3 is 0 Å². The van der Waals surface area contributed by atoms with Gasteiger partial charge in [0.05, 0.1) is 19.5 Å². The SMILES string of the molecule is COc1nn(-c2cnc(F)cn2)cc1C(=O)Nc1cccc(-c2nnc3n2[C@@H](C)CC3)n1. The molecule has 1 amide bonds. The number of anilines is 1. The second-order valence-electron chi connectivity index (χ2n) is 7.25. The number of amides is 1. The Kier molecular flexibility index (Phi) is 4.81. The van der Waals surface area contributed by atoms with Gasteiger partial charge in [-0.05, 0) is 25.5 Å². The predicted octanol–water partition coefficient (Wildman–Crippen LogP) is 2.22. The van der Waals surface area contributed by atoms with Gasteiger partial charge in [0.15, 0.2) is 11.6 Å². The largest absolute Gasteiger partial charge is 0.479 e. The average Bonchev–Trinajstić information content (AvgIpc) is 3.51. The maximum Gasteiger partial charge on any atom is 0.263 e. The van der Waals surface area contributed by atoms with Crippen LogP contribution in [0.5, 0.6) is 5.88 Å². The molecular weight excluding hydrogens is 417 g/mol. The lowest BCUT2D eigenvalue weighted by molar-refractivity contribution is 0.102. The monoisotopic (exact) mass is 435 g/mol. The molecule has 4 aromatic heterocycles. The molecule has 0 bridgehead atoms. The molecule has 162 valence electrons. The molecule has 0 aromatic carbocycles. The summed E-state index contributed by atoms with van der Waals surface area (Å²) >= 11 is 0. The third-order valence-corrected chi connectivity index (χ3v) is 5.17. The second-order valence-corrected chi connectivity index (χ2v) is 7.25. The zero-order chi connectivity index (χ0) is 22.2. The van der Waals surface area contributed by atoms with Gasteiger partial charge in [-0.2, -0.15) is 4.39 Å². The van der Waals surface area contributed by atoms with Gasteiger partial charge in [0, 0.05) is 18.7 Å². The van der Waals surface area contributed by atoms with Crippen LogP contribution >= 0.6 is 0 Å². The van der Waals surface area contributed by atoms with Crippen LogP contribution < -0.4 is 10.1 Å². The molecule has 1 atom stereocenters. The van der Waals surface area contributed by atoms with Gasteiger partial charge in [-0.25, -0.2) is 19.6 Å². The number of nitrogens with zero attached hydrogens (tertiary/aromatic N) is 8. The smallest absolute Gasteiger partial charge is 0.263 e. The van der Waals surface area contributed by atoms with Crippen LogP contribution in [-0.4, -0.2) is 52.5 Å². The zero-order valence-corrected chi connectivity index (χ0v) is 17.2.